The number of benzene rings is 1. The van der Waals surface area contributed by atoms with Crippen molar-refractivity contribution in [3.8, 4) is 0 Å². The van der Waals surface area contributed by atoms with Gasteiger partial charge in [0.2, 0.25) is 5.91 Å². The molecule has 1 aliphatic rings. The largest absolute Gasteiger partial charge is 0.372 e. The first-order valence-corrected chi connectivity index (χ1v) is 6.46. The summed E-state index contributed by atoms with van der Waals surface area (Å²) in [5.74, 6) is 0.337. The van der Waals surface area contributed by atoms with Crippen molar-refractivity contribution in [3.05, 3.63) is 24.0 Å². The Kier molecular flexibility index (Phi) is 3.33. The van der Waals surface area contributed by atoms with E-state index in [1.54, 1.807) is 23.9 Å². The second kappa shape index (κ2) is 4.74. The number of fused-ring (bicyclic) bond motifs is 1. The highest BCUT2D eigenvalue weighted by atomic mass is 32.2. The lowest BCUT2D eigenvalue weighted by Gasteiger charge is -2.26. The van der Waals surface area contributed by atoms with Crippen LogP contribution >= 0.6 is 11.8 Å². The number of para-hydroxylation sites is 1. The molecule has 1 heterocycles. The molecule has 0 saturated heterocycles. The molecular weight excluding hydrogens is 227 g/mol. The molecule has 5 heteroatoms. The maximum atomic E-state index is 13.4. The minimum atomic E-state index is -0.401. The van der Waals surface area contributed by atoms with E-state index < -0.39 is 5.82 Å². The second-order valence-corrected chi connectivity index (χ2v) is 4.62. The molecule has 1 unspecified atom stereocenters. The SMILES string of the molecule is CSCCC1Nc2cccc(F)c2NC1=O. The normalized spacial score (nSPS) is 18.6. The van der Waals surface area contributed by atoms with Gasteiger partial charge in [0.25, 0.3) is 0 Å². The van der Waals surface area contributed by atoms with Gasteiger partial charge in [-0.2, -0.15) is 11.8 Å². The zero-order chi connectivity index (χ0) is 11.5. The number of thioether (sulfide) groups is 1. The molecule has 2 rings (SSSR count). The highest BCUT2D eigenvalue weighted by Gasteiger charge is 2.26. The van der Waals surface area contributed by atoms with Gasteiger partial charge in [-0.25, -0.2) is 4.39 Å². The van der Waals surface area contributed by atoms with Crippen molar-refractivity contribution < 1.29 is 9.18 Å². The first-order chi connectivity index (χ1) is 7.72. The number of anilines is 2. The molecule has 0 spiro atoms. The zero-order valence-electron chi connectivity index (χ0n) is 8.92. The summed E-state index contributed by atoms with van der Waals surface area (Å²) in [6.45, 7) is 0. The van der Waals surface area contributed by atoms with E-state index in [4.69, 9.17) is 0 Å². The van der Waals surface area contributed by atoms with Crippen molar-refractivity contribution in [2.75, 3.05) is 22.6 Å². The fourth-order valence-corrected chi connectivity index (χ4v) is 2.15. The van der Waals surface area contributed by atoms with Gasteiger partial charge in [-0.3, -0.25) is 4.79 Å². The van der Waals surface area contributed by atoms with Crippen LogP contribution in [0.4, 0.5) is 15.8 Å². The van der Waals surface area contributed by atoms with Crippen LogP contribution in [0.15, 0.2) is 18.2 Å². The van der Waals surface area contributed by atoms with Crippen molar-refractivity contribution in [1.29, 1.82) is 0 Å². The van der Waals surface area contributed by atoms with E-state index in [2.05, 4.69) is 10.6 Å². The fourth-order valence-electron chi connectivity index (χ4n) is 1.67. The number of nitrogens with one attached hydrogen (secondary N) is 2. The molecule has 1 aliphatic heterocycles. The summed E-state index contributed by atoms with van der Waals surface area (Å²) in [5, 5.41) is 5.66. The molecule has 0 saturated carbocycles. The van der Waals surface area contributed by atoms with Gasteiger partial charge in [-0.05, 0) is 30.6 Å². The topological polar surface area (TPSA) is 41.1 Å². The third-order valence-corrected chi connectivity index (χ3v) is 3.16. The predicted molar refractivity (Wildman–Crippen MR) is 65.4 cm³/mol. The number of halogens is 1. The molecule has 86 valence electrons. The number of rotatable bonds is 3. The quantitative estimate of drug-likeness (QED) is 0.852. The van der Waals surface area contributed by atoms with Gasteiger partial charge < -0.3 is 10.6 Å². The third-order valence-electron chi connectivity index (χ3n) is 2.52. The van der Waals surface area contributed by atoms with E-state index >= 15 is 0 Å². The second-order valence-electron chi connectivity index (χ2n) is 3.63. The van der Waals surface area contributed by atoms with Crippen LogP contribution in [-0.2, 0) is 4.79 Å². The van der Waals surface area contributed by atoms with Crippen LogP contribution in [0.25, 0.3) is 0 Å². The first-order valence-electron chi connectivity index (χ1n) is 5.07. The van der Waals surface area contributed by atoms with Gasteiger partial charge in [-0.1, -0.05) is 6.07 Å². The summed E-state index contributed by atoms with van der Waals surface area (Å²) < 4.78 is 13.4. The zero-order valence-corrected chi connectivity index (χ0v) is 9.73. The van der Waals surface area contributed by atoms with Crippen LogP contribution in [0.1, 0.15) is 6.42 Å². The maximum absolute atomic E-state index is 13.4. The van der Waals surface area contributed by atoms with E-state index in [0.717, 1.165) is 12.2 Å². The van der Waals surface area contributed by atoms with Gasteiger partial charge >= 0.3 is 0 Å². The number of carbonyl (C=O) groups excluding carboxylic acids is 1. The summed E-state index contributed by atoms with van der Waals surface area (Å²) in [4.78, 5) is 11.7. The Bertz CT molecular complexity index is 411. The summed E-state index contributed by atoms with van der Waals surface area (Å²) in [6, 6.07) is 4.47. The van der Waals surface area contributed by atoms with Crippen molar-refractivity contribution in [2.24, 2.45) is 0 Å². The predicted octanol–water partition coefficient (Wildman–Crippen LogP) is 2.31. The Morgan fingerprint density at radius 3 is 3.06 bits per heavy atom. The molecular formula is C11H13FN2OS. The minimum Gasteiger partial charge on any atom is -0.372 e. The highest BCUT2D eigenvalue weighted by molar-refractivity contribution is 7.98. The van der Waals surface area contributed by atoms with Crippen molar-refractivity contribution in [2.45, 2.75) is 12.5 Å². The Balaban J connectivity index is 2.19. The van der Waals surface area contributed by atoms with Crippen molar-refractivity contribution >= 4 is 29.0 Å². The smallest absolute Gasteiger partial charge is 0.247 e. The summed E-state index contributed by atoms with van der Waals surface area (Å²) >= 11 is 1.69. The maximum Gasteiger partial charge on any atom is 0.247 e. The Hall–Kier alpha value is -1.23. The average molecular weight is 240 g/mol. The van der Waals surface area contributed by atoms with Crippen LogP contribution in [0.5, 0.6) is 0 Å². The van der Waals surface area contributed by atoms with Gasteiger partial charge in [0, 0.05) is 0 Å². The molecule has 2 N–H and O–H groups in total. The van der Waals surface area contributed by atoms with Crippen molar-refractivity contribution in [1.82, 2.24) is 0 Å². The monoisotopic (exact) mass is 240 g/mol. The molecule has 1 amide bonds. The average Bonchev–Trinajstić information content (AvgIpc) is 2.28. The van der Waals surface area contributed by atoms with Crippen LogP contribution in [-0.4, -0.2) is 24.0 Å². The number of amides is 1. The number of hydrogen-bond acceptors (Lipinski definition) is 3. The molecule has 0 aliphatic carbocycles. The Morgan fingerprint density at radius 2 is 2.31 bits per heavy atom. The number of hydrogen-bond donors (Lipinski definition) is 2. The van der Waals surface area contributed by atoms with Gasteiger partial charge in [-0.15, -0.1) is 0 Å². The van der Waals surface area contributed by atoms with E-state index in [1.807, 2.05) is 6.26 Å². The lowest BCUT2D eigenvalue weighted by molar-refractivity contribution is -0.117. The summed E-state index contributed by atoms with van der Waals surface area (Å²) in [5.41, 5.74) is 0.915. The van der Waals surface area contributed by atoms with Crippen LogP contribution in [0, 0.1) is 5.82 Å². The Labute approximate surface area is 97.8 Å². The number of carbonyl (C=O) groups is 1. The van der Waals surface area contributed by atoms with E-state index in [9.17, 15) is 9.18 Å². The lowest BCUT2D eigenvalue weighted by atomic mass is 10.1. The molecule has 1 aromatic carbocycles. The molecule has 0 bridgehead atoms. The molecule has 16 heavy (non-hydrogen) atoms. The van der Waals surface area contributed by atoms with Crippen LogP contribution < -0.4 is 10.6 Å². The van der Waals surface area contributed by atoms with Gasteiger partial charge in [0.15, 0.2) is 0 Å². The molecule has 1 aromatic rings. The molecule has 0 radical (unpaired) electrons. The fraction of sp³-hybridized carbons (Fsp3) is 0.364. The van der Waals surface area contributed by atoms with Gasteiger partial charge in [0.05, 0.1) is 5.69 Å². The van der Waals surface area contributed by atoms with Crippen LogP contribution in [0.2, 0.25) is 0 Å². The molecule has 0 aromatic heterocycles. The third kappa shape index (κ3) is 2.14. The van der Waals surface area contributed by atoms with Gasteiger partial charge in [0.1, 0.15) is 17.5 Å². The summed E-state index contributed by atoms with van der Waals surface area (Å²) in [6.07, 6.45) is 2.73. The molecule has 3 nitrogen and oxygen atoms in total. The van der Waals surface area contributed by atoms with E-state index in [1.165, 1.54) is 6.07 Å². The standard InChI is InChI=1S/C11H13FN2OS/c1-16-6-5-9-11(15)14-10-7(12)3-2-4-8(10)13-9/h2-4,9,13H,5-6H2,1H3,(H,14,15). The van der Waals surface area contributed by atoms with Crippen molar-refractivity contribution in [3.63, 3.8) is 0 Å². The van der Waals surface area contributed by atoms with E-state index in [-0.39, 0.29) is 17.6 Å². The highest BCUT2D eigenvalue weighted by Crippen LogP contribution is 2.29. The Morgan fingerprint density at radius 1 is 1.50 bits per heavy atom. The molecule has 0 fully saturated rings. The molecule has 1 atom stereocenters. The first kappa shape index (κ1) is 11.3. The summed E-state index contributed by atoms with van der Waals surface area (Å²) in [7, 11) is 0. The lowest BCUT2D eigenvalue weighted by Crippen LogP contribution is -2.39. The minimum absolute atomic E-state index is 0.161. The van der Waals surface area contributed by atoms with Crippen LogP contribution in [0.3, 0.4) is 0 Å². The van der Waals surface area contributed by atoms with E-state index in [0.29, 0.717) is 5.69 Å².